The molecule has 2 aliphatic heterocycles. The van der Waals surface area contributed by atoms with E-state index in [4.69, 9.17) is 21.7 Å². The smallest absolute Gasteiger partial charge is 0.243 e. The van der Waals surface area contributed by atoms with Gasteiger partial charge >= 0.3 is 0 Å². The van der Waals surface area contributed by atoms with E-state index in [0.717, 1.165) is 24.2 Å². The van der Waals surface area contributed by atoms with Gasteiger partial charge in [-0.25, -0.2) is 8.42 Å². The van der Waals surface area contributed by atoms with Crippen LogP contribution in [0.4, 0.5) is 11.4 Å². The number of nitrogens with one attached hydrogen (secondary N) is 2. The lowest BCUT2D eigenvalue weighted by atomic mass is 9.68. The molecule has 3 aliphatic rings. The fourth-order valence-electron chi connectivity index (χ4n) is 5.34. The maximum Gasteiger partial charge on any atom is 0.243 e. The van der Waals surface area contributed by atoms with E-state index in [-0.39, 0.29) is 15.4 Å². The van der Waals surface area contributed by atoms with Crippen LogP contribution in [-0.4, -0.2) is 76.2 Å². The number of allylic oxidation sites excluding steroid dienone is 4. The van der Waals surface area contributed by atoms with Crippen molar-refractivity contribution in [1.29, 1.82) is 0 Å². The number of nitrogens with zero attached hydrogens (tertiary/aromatic N) is 3. The Morgan fingerprint density at radius 1 is 1.13 bits per heavy atom. The molecule has 2 fully saturated rings. The highest BCUT2D eigenvalue weighted by Gasteiger charge is 2.31. The van der Waals surface area contributed by atoms with E-state index in [1.807, 2.05) is 19.1 Å². The zero-order valence-corrected chi connectivity index (χ0v) is 25.0. The predicted molar refractivity (Wildman–Crippen MR) is 161 cm³/mol. The summed E-state index contributed by atoms with van der Waals surface area (Å²) in [6.45, 7) is 12.8. The molecule has 11 heteroatoms. The molecule has 4 rings (SSSR count). The van der Waals surface area contributed by atoms with E-state index in [1.165, 1.54) is 9.88 Å². The van der Waals surface area contributed by atoms with E-state index in [0.29, 0.717) is 64.2 Å². The maximum atomic E-state index is 13.3. The summed E-state index contributed by atoms with van der Waals surface area (Å²) < 4.78 is 39.0. The summed E-state index contributed by atoms with van der Waals surface area (Å²) in [7, 11) is -3.66. The van der Waals surface area contributed by atoms with Gasteiger partial charge in [-0.15, -0.1) is 0 Å². The minimum atomic E-state index is -3.66. The number of ether oxygens (including phenoxy) is 2. The molecule has 2 N–H and O–H groups in total. The average molecular weight is 576 g/mol. The molecule has 2 heterocycles. The maximum absolute atomic E-state index is 13.3. The number of rotatable bonds is 7. The summed E-state index contributed by atoms with van der Waals surface area (Å²) in [5.74, 6) is 0.369. The Morgan fingerprint density at radius 3 is 2.46 bits per heavy atom. The lowest BCUT2D eigenvalue weighted by Gasteiger charge is -2.36. The van der Waals surface area contributed by atoms with Crippen molar-refractivity contribution in [2.45, 2.75) is 45.4 Å². The minimum absolute atomic E-state index is 0.211. The zero-order valence-electron chi connectivity index (χ0n) is 23.4. The van der Waals surface area contributed by atoms with Crippen molar-refractivity contribution in [3.8, 4) is 0 Å². The van der Waals surface area contributed by atoms with Crippen LogP contribution in [0.2, 0.25) is 0 Å². The molecule has 0 saturated carbocycles. The lowest BCUT2D eigenvalue weighted by molar-refractivity contribution is 0.0730. The van der Waals surface area contributed by atoms with Gasteiger partial charge in [0.05, 0.1) is 48.4 Å². The van der Waals surface area contributed by atoms with Crippen molar-refractivity contribution in [3.05, 3.63) is 42.0 Å². The van der Waals surface area contributed by atoms with Gasteiger partial charge in [-0.1, -0.05) is 31.6 Å². The molecule has 0 bridgehead atoms. The molecule has 1 aromatic rings. The van der Waals surface area contributed by atoms with Gasteiger partial charge in [0.25, 0.3) is 0 Å². The van der Waals surface area contributed by atoms with Crippen LogP contribution in [0.25, 0.3) is 0 Å². The van der Waals surface area contributed by atoms with E-state index in [9.17, 15) is 8.42 Å². The summed E-state index contributed by atoms with van der Waals surface area (Å²) in [6.07, 6.45) is 8.86. The highest BCUT2D eigenvalue weighted by Crippen LogP contribution is 2.41. The van der Waals surface area contributed by atoms with Crippen molar-refractivity contribution in [2.75, 3.05) is 62.8 Å². The highest BCUT2D eigenvalue weighted by molar-refractivity contribution is 7.89. The number of sulfonamides is 1. The van der Waals surface area contributed by atoms with Crippen LogP contribution in [0, 0.1) is 11.3 Å². The first-order valence-electron chi connectivity index (χ1n) is 13.6. The summed E-state index contributed by atoms with van der Waals surface area (Å²) in [5, 5.41) is 7.93. The largest absolute Gasteiger partial charge is 0.379 e. The van der Waals surface area contributed by atoms with E-state index >= 15 is 0 Å². The molecule has 1 aromatic carbocycles. The van der Waals surface area contributed by atoms with Gasteiger partial charge in [0, 0.05) is 32.1 Å². The Hall–Kier alpha value is -2.31. The summed E-state index contributed by atoms with van der Waals surface area (Å²) in [4.78, 5) is 2.38. The van der Waals surface area contributed by atoms with Gasteiger partial charge < -0.3 is 19.7 Å². The molecule has 1 aliphatic carbocycles. The van der Waals surface area contributed by atoms with Crippen LogP contribution >= 0.6 is 12.2 Å². The molecular weight excluding hydrogens is 534 g/mol. The third kappa shape index (κ3) is 7.46. The Labute approximate surface area is 238 Å². The van der Waals surface area contributed by atoms with E-state index in [1.54, 1.807) is 12.1 Å². The van der Waals surface area contributed by atoms with E-state index in [2.05, 4.69) is 53.7 Å². The van der Waals surface area contributed by atoms with Gasteiger partial charge in [-0.05, 0) is 68.6 Å². The number of morpholine rings is 2. The monoisotopic (exact) mass is 575 g/mol. The number of hydrogen-bond acceptors (Lipinski definition) is 7. The zero-order chi connectivity index (χ0) is 28.0. The Bertz CT molecular complexity index is 1230. The standard InChI is InChI=1S/C28H41N5O4S2/c1-21-6-5-11-28(3,4)24(21)9-7-22(2)30-31-27(38)29-25-20-23(39(34,35)33-14-18-37-19-15-33)8-10-26(25)32-12-16-36-17-13-32/h6-10,20,24H,5,11-19H2,1-4H3,(H2,29,31,38)/b9-7+,30-22-. The third-order valence-electron chi connectivity index (χ3n) is 7.63. The lowest BCUT2D eigenvalue weighted by Crippen LogP contribution is -2.40. The van der Waals surface area contributed by atoms with Gasteiger partial charge in [0.1, 0.15) is 0 Å². The molecule has 9 nitrogen and oxygen atoms in total. The molecule has 214 valence electrons. The Morgan fingerprint density at radius 2 is 1.79 bits per heavy atom. The van der Waals surface area contributed by atoms with Crippen molar-refractivity contribution in [2.24, 2.45) is 16.4 Å². The first kappa shape index (κ1) is 29.7. The van der Waals surface area contributed by atoms with Gasteiger partial charge in [0.2, 0.25) is 10.0 Å². The highest BCUT2D eigenvalue weighted by atomic mass is 32.2. The van der Waals surface area contributed by atoms with Crippen LogP contribution in [-0.2, 0) is 19.5 Å². The molecule has 0 aromatic heterocycles. The summed E-state index contributed by atoms with van der Waals surface area (Å²) >= 11 is 5.56. The molecule has 0 amide bonds. The molecule has 0 radical (unpaired) electrons. The first-order valence-corrected chi connectivity index (χ1v) is 15.4. The Kier molecular flexibility index (Phi) is 9.82. The van der Waals surface area contributed by atoms with Crippen molar-refractivity contribution in [1.82, 2.24) is 9.73 Å². The average Bonchev–Trinajstić information content (AvgIpc) is 2.92. The molecular formula is C28H41N5O4S2. The number of hydrogen-bond donors (Lipinski definition) is 2. The molecule has 2 saturated heterocycles. The SMILES string of the molecule is CC1=CCCC(C)(C)C1/C=C/C(C)=N\NC(=S)Nc1cc(S(=O)(=O)N2CCOCC2)ccc1N1CCOCC1. The summed E-state index contributed by atoms with van der Waals surface area (Å²) in [5.41, 5.74) is 6.80. The van der Waals surface area contributed by atoms with Crippen LogP contribution in [0.1, 0.15) is 40.5 Å². The fraction of sp³-hybridized carbons (Fsp3) is 0.571. The van der Waals surface area contributed by atoms with Crippen LogP contribution < -0.4 is 15.6 Å². The molecule has 1 atom stereocenters. The minimum Gasteiger partial charge on any atom is -0.379 e. The van der Waals surface area contributed by atoms with Crippen LogP contribution in [0.15, 0.2) is 52.0 Å². The third-order valence-corrected chi connectivity index (χ3v) is 9.71. The predicted octanol–water partition coefficient (Wildman–Crippen LogP) is 4.15. The van der Waals surface area contributed by atoms with Crippen molar-refractivity contribution in [3.63, 3.8) is 0 Å². The molecule has 39 heavy (non-hydrogen) atoms. The number of benzene rings is 1. The summed E-state index contributed by atoms with van der Waals surface area (Å²) in [6, 6.07) is 5.15. The Balaban J connectivity index is 1.50. The van der Waals surface area contributed by atoms with Gasteiger partial charge in [-0.2, -0.15) is 9.41 Å². The van der Waals surface area contributed by atoms with E-state index < -0.39 is 10.0 Å². The normalized spacial score (nSPS) is 23.0. The first-order chi connectivity index (χ1) is 18.6. The van der Waals surface area contributed by atoms with Crippen LogP contribution in [0.5, 0.6) is 0 Å². The number of anilines is 2. The number of thiocarbonyl (C=S) groups is 1. The number of hydrazone groups is 1. The second-order valence-corrected chi connectivity index (χ2v) is 13.3. The van der Waals surface area contributed by atoms with Crippen LogP contribution in [0.3, 0.4) is 0 Å². The second-order valence-electron chi connectivity index (χ2n) is 10.9. The quantitative estimate of drug-likeness (QED) is 0.217. The van der Waals surface area contributed by atoms with Gasteiger partial charge in [0.15, 0.2) is 5.11 Å². The van der Waals surface area contributed by atoms with Gasteiger partial charge in [-0.3, -0.25) is 5.43 Å². The van der Waals surface area contributed by atoms with Crippen molar-refractivity contribution >= 4 is 44.4 Å². The topological polar surface area (TPSA) is 95.5 Å². The van der Waals surface area contributed by atoms with Crippen molar-refractivity contribution < 1.29 is 17.9 Å². The molecule has 1 unspecified atom stereocenters. The second kappa shape index (κ2) is 12.9. The molecule has 0 spiro atoms. The fourth-order valence-corrected chi connectivity index (χ4v) is 6.93.